The van der Waals surface area contributed by atoms with Gasteiger partial charge in [-0.05, 0) is 0 Å². The Morgan fingerprint density at radius 1 is 1.80 bits per heavy atom. The summed E-state index contributed by atoms with van der Waals surface area (Å²) < 4.78 is 20.2. The zero-order valence-electron chi connectivity index (χ0n) is 5.81. The van der Waals surface area contributed by atoms with E-state index in [9.17, 15) is 4.21 Å². The van der Waals surface area contributed by atoms with Crippen molar-refractivity contribution in [2.45, 2.75) is 4.90 Å². The van der Waals surface area contributed by atoms with Crippen molar-refractivity contribution in [2.75, 3.05) is 0 Å². The number of rotatable bonds is 1. The summed E-state index contributed by atoms with van der Waals surface area (Å²) in [5.74, 6) is 0. The maximum atomic E-state index is 10.3. The fourth-order valence-corrected chi connectivity index (χ4v) is 0.869. The SMILES string of the molecule is Cn1cc(S(=O)O)cn1.[Na]. The summed E-state index contributed by atoms with van der Waals surface area (Å²) in [4.78, 5) is 0.331. The first kappa shape index (κ1) is 10.3. The molecule has 1 heterocycles. The van der Waals surface area contributed by atoms with Crippen LogP contribution in [0.15, 0.2) is 17.3 Å². The number of nitrogens with zero attached hydrogens (tertiary/aromatic N) is 2. The van der Waals surface area contributed by atoms with Gasteiger partial charge >= 0.3 is 0 Å². The second kappa shape index (κ2) is 4.25. The van der Waals surface area contributed by atoms with E-state index in [2.05, 4.69) is 5.10 Å². The van der Waals surface area contributed by atoms with Gasteiger partial charge in [0.1, 0.15) is 4.90 Å². The fourth-order valence-electron chi connectivity index (χ4n) is 0.489. The fraction of sp³-hybridized carbons (Fsp3) is 0.250. The molecule has 0 amide bonds. The number of aryl methyl sites for hydroxylation is 1. The van der Waals surface area contributed by atoms with Gasteiger partial charge in [-0.2, -0.15) is 5.10 Å². The smallest absolute Gasteiger partial charge is 0.189 e. The predicted octanol–water partition coefficient (Wildman–Crippen LogP) is -0.380. The Bertz CT molecular complexity index is 237. The van der Waals surface area contributed by atoms with Gasteiger partial charge in [0.25, 0.3) is 0 Å². The molecule has 0 aliphatic carbocycles. The molecule has 1 aromatic heterocycles. The van der Waals surface area contributed by atoms with E-state index >= 15 is 0 Å². The minimum absolute atomic E-state index is 0. The molecule has 6 heteroatoms. The molecule has 1 rings (SSSR count). The Balaban J connectivity index is 0.000000810. The largest absolute Gasteiger partial charge is 0.302 e. The Kier molecular flexibility index (Phi) is 4.39. The Labute approximate surface area is 83.2 Å². The van der Waals surface area contributed by atoms with Crippen LogP contribution in [0.1, 0.15) is 0 Å². The van der Waals surface area contributed by atoms with Crippen molar-refractivity contribution in [3.63, 3.8) is 0 Å². The third-order valence-electron chi connectivity index (χ3n) is 0.883. The molecule has 1 radical (unpaired) electrons. The topological polar surface area (TPSA) is 55.1 Å². The van der Waals surface area contributed by atoms with Crippen LogP contribution in [0.3, 0.4) is 0 Å². The molecule has 10 heavy (non-hydrogen) atoms. The van der Waals surface area contributed by atoms with E-state index < -0.39 is 11.1 Å². The maximum Gasteiger partial charge on any atom is 0.189 e. The van der Waals surface area contributed by atoms with Crippen LogP contribution in [0.5, 0.6) is 0 Å². The molecular formula is C4H6N2NaO2S. The van der Waals surface area contributed by atoms with Gasteiger partial charge in [-0.25, -0.2) is 4.21 Å². The molecule has 1 N–H and O–H groups in total. The van der Waals surface area contributed by atoms with Gasteiger partial charge in [-0.3, -0.25) is 4.68 Å². The average molecular weight is 169 g/mol. The van der Waals surface area contributed by atoms with E-state index in [-0.39, 0.29) is 29.6 Å². The van der Waals surface area contributed by atoms with Crippen molar-refractivity contribution in [1.82, 2.24) is 9.78 Å². The Hall–Kier alpha value is 0.320. The van der Waals surface area contributed by atoms with Crippen molar-refractivity contribution in [3.05, 3.63) is 12.4 Å². The molecule has 0 aliphatic heterocycles. The number of aromatic nitrogens is 2. The molecule has 0 bridgehead atoms. The summed E-state index contributed by atoms with van der Waals surface area (Å²) in [5, 5.41) is 3.70. The van der Waals surface area contributed by atoms with Crippen LogP contribution in [0, 0.1) is 0 Å². The molecular weight excluding hydrogens is 163 g/mol. The van der Waals surface area contributed by atoms with Crippen molar-refractivity contribution >= 4 is 40.6 Å². The van der Waals surface area contributed by atoms with E-state index in [0.29, 0.717) is 4.90 Å². The van der Waals surface area contributed by atoms with Crippen molar-refractivity contribution in [1.29, 1.82) is 0 Å². The van der Waals surface area contributed by atoms with Gasteiger partial charge in [0.05, 0.1) is 6.20 Å². The molecule has 0 spiro atoms. The normalized spacial score (nSPS) is 12.2. The van der Waals surface area contributed by atoms with Crippen LogP contribution in [-0.4, -0.2) is 48.1 Å². The van der Waals surface area contributed by atoms with Crippen LogP contribution >= 0.6 is 0 Å². The minimum Gasteiger partial charge on any atom is -0.302 e. The van der Waals surface area contributed by atoms with Gasteiger partial charge in [-0.15, -0.1) is 0 Å². The molecule has 51 valence electrons. The first-order valence-electron chi connectivity index (χ1n) is 2.29. The number of hydrogen-bond acceptors (Lipinski definition) is 2. The predicted molar refractivity (Wildman–Crippen MR) is 38.0 cm³/mol. The van der Waals surface area contributed by atoms with Gasteiger partial charge in [0, 0.05) is 42.8 Å². The number of hydrogen-bond donors (Lipinski definition) is 1. The third kappa shape index (κ3) is 2.51. The first-order valence-corrected chi connectivity index (χ1v) is 3.40. The van der Waals surface area contributed by atoms with E-state index in [1.165, 1.54) is 17.1 Å². The summed E-state index contributed by atoms with van der Waals surface area (Å²) in [5.41, 5.74) is 0. The minimum atomic E-state index is -1.89. The van der Waals surface area contributed by atoms with E-state index in [1.807, 2.05) is 0 Å². The monoisotopic (exact) mass is 169 g/mol. The first-order chi connectivity index (χ1) is 4.20. The molecule has 0 saturated carbocycles. The summed E-state index contributed by atoms with van der Waals surface area (Å²) in [6.07, 6.45) is 2.85. The van der Waals surface area contributed by atoms with Gasteiger partial charge in [0.2, 0.25) is 0 Å². The Morgan fingerprint density at radius 3 is 2.60 bits per heavy atom. The van der Waals surface area contributed by atoms with Gasteiger partial charge < -0.3 is 4.55 Å². The van der Waals surface area contributed by atoms with Gasteiger partial charge in [-0.1, -0.05) is 0 Å². The van der Waals surface area contributed by atoms with Crippen molar-refractivity contribution in [2.24, 2.45) is 7.05 Å². The summed E-state index contributed by atoms with van der Waals surface area (Å²) in [7, 11) is 1.69. The van der Waals surface area contributed by atoms with Crippen LogP contribution in [0.4, 0.5) is 0 Å². The van der Waals surface area contributed by atoms with Crippen LogP contribution in [0.2, 0.25) is 0 Å². The van der Waals surface area contributed by atoms with Crippen LogP contribution < -0.4 is 0 Å². The zero-order valence-corrected chi connectivity index (χ0v) is 8.63. The molecule has 1 aromatic rings. The average Bonchev–Trinajstić information content (AvgIpc) is 2.14. The zero-order chi connectivity index (χ0) is 6.85. The standard InChI is InChI=1S/C4H6N2O2S.Na/c1-6-3-4(2-5-6)9(7)8;/h2-3H,1H3,(H,7,8);. The molecule has 0 aromatic carbocycles. The van der Waals surface area contributed by atoms with E-state index in [4.69, 9.17) is 4.55 Å². The maximum absolute atomic E-state index is 10.3. The van der Waals surface area contributed by atoms with Crippen molar-refractivity contribution < 1.29 is 8.76 Å². The molecule has 1 unspecified atom stereocenters. The third-order valence-corrected chi connectivity index (χ3v) is 1.50. The molecule has 0 saturated heterocycles. The Morgan fingerprint density at radius 2 is 2.40 bits per heavy atom. The van der Waals surface area contributed by atoms with Crippen molar-refractivity contribution in [3.8, 4) is 0 Å². The van der Waals surface area contributed by atoms with Crippen LogP contribution in [-0.2, 0) is 18.1 Å². The van der Waals surface area contributed by atoms with Crippen LogP contribution in [0.25, 0.3) is 0 Å². The van der Waals surface area contributed by atoms with Gasteiger partial charge in [0.15, 0.2) is 11.1 Å². The summed E-state index contributed by atoms with van der Waals surface area (Å²) in [6, 6.07) is 0. The molecule has 0 aliphatic rings. The summed E-state index contributed by atoms with van der Waals surface area (Å²) in [6.45, 7) is 0. The second-order valence-corrected chi connectivity index (χ2v) is 2.57. The molecule has 1 atom stereocenters. The quantitative estimate of drug-likeness (QED) is 0.460. The van der Waals surface area contributed by atoms with E-state index in [0.717, 1.165) is 0 Å². The molecule has 4 nitrogen and oxygen atoms in total. The summed E-state index contributed by atoms with van der Waals surface area (Å²) >= 11 is -1.89. The second-order valence-electron chi connectivity index (χ2n) is 1.60. The van der Waals surface area contributed by atoms with E-state index in [1.54, 1.807) is 7.05 Å². The molecule has 0 fully saturated rings.